The van der Waals surface area contributed by atoms with Crippen LogP contribution in [-0.4, -0.2) is 17.3 Å². The standard InChI is InChI=1S/C10H9N2O/c1-13-10-5-3-2-4-8(10)9-6-7-11-12-9/h2-4,6-7H,1H3,(H,11,12). The van der Waals surface area contributed by atoms with Crippen molar-refractivity contribution in [2.75, 3.05) is 7.11 Å². The van der Waals surface area contributed by atoms with Gasteiger partial charge in [-0.25, -0.2) is 0 Å². The van der Waals surface area contributed by atoms with Gasteiger partial charge in [-0.15, -0.1) is 0 Å². The van der Waals surface area contributed by atoms with Crippen molar-refractivity contribution in [2.45, 2.75) is 0 Å². The van der Waals surface area contributed by atoms with E-state index >= 15 is 0 Å². The van der Waals surface area contributed by atoms with Crippen LogP contribution in [-0.2, 0) is 0 Å². The smallest absolute Gasteiger partial charge is 0.136 e. The van der Waals surface area contributed by atoms with E-state index < -0.39 is 0 Å². The lowest BCUT2D eigenvalue weighted by atomic mass is 10.1. The third-order valence-electron chi connectivity index (χ3n) is 1.80. The molecule has 0 saturated carbocycles. The number of rotatable bonds is 2. The number of nitrogens with zero attached hydrogens (tertiary/aromatic N) is 1. The van der Waals surface area contributed by atoms with E-state index in [1.807, 2.05) is 24.3 Å². The van der Waals surface area contributed by atoms with E-state index in [0.29, 0.717) is 0 Å². The zero-order valence-corrected chi connectivity index (χ0v) is 7.24. The Kier molecular flexibility index (Phi) is 2.00. The predicted octanol–water partition coefficient (Wildman–Crippen LogP) is 1.89. The zero-order chi connectivity index (χ0) is 9.10. The summed E-state index contributed by atoms with van der Waals surface area (Å²) in [5.74, 6) is 0.717. The van der Waals surface area contributed by atoms with E-state index in [4.69, 9.17) is 4.74 Å². The van der Waals surface area contributed by atoms with E-state index in [-0.39, 0.29) is 0 Å². The number of hydrogen-bond donors (Lipinski definition) is 1. The Morgan fingerprint density at radius 3 is 3.08 bits per heavy atom. The molecule has 0 atom stereocenters. The van der Waals surface area contributed by atoms with Gasteiger partial charge in [0.2, 0.25) is 0 Å². The van der Waals surface area contributed by atoms with Crippen LogP contribution in [0.3, 0.4) is 0 Å². The molecule has 13 heavy (non-hydrogen) atoms. The van der Waals surface area contributed by atoms with Crippen LogP contribution < -0.4 is 4.74 Å². The van der Waals surface area contributed by atoms with Gasteiger partial charge in [0, 0.05) is 17.8 Å². The van der Waals surface area contributed by atoms with Crippen LogP contribution in [0.2, 0.25) is 0 Å². The number of aromatic nitrogens is 2. The summed E-state index contributed by atoms with van der Waals surface area (Å²) >= 11 is 0. The lowest BCUT2D eigenvalue weighted by Gasteiger charge is -2.03. The number of nitrogens with one attached hydrogen (secondary N) is 1. The van der Waals surface area contributed by atoms with Gasteiger partial charge in [0.15, 0.2) is 0 Å². The quantitative estimate of drug-likeness (QED) is 0.753. The molecule has 0 bridgehead atoms. The van der Waals surface area contributed by atoms with Crippen LogP contribution in [0.15, 0.2) is 30.5 Å². The van der Waals surface area contributed by atoms with Crippen LogP contribution >= 0.6 is 0 Å². The Bertz CT molecular complexity index is 382. The molecule has 0 fully saturated rings. The largest absolute Gasteiger partial charge is 0.495 e. The maximum absolute atomic E-state index is 5.16. The molecule has 0 aliphatic rings. The summed E-state index contributed by atoms with van der Waals surface area (Å²) in [7, 11) is 1.63. The van der Waals surface area contributed by atoms with Crippen LogP contribution in [0.5, 0.6) is 5.75 Å². The number of ether oxygens (including phenoxy) is 1. The molecule has 3 nitrogen and oxygen atoms in total. The fraction of sp³-hybridized carbons (Fsp3) is 0.100. The van der Waals surface area contributed by atoms with Gasteiger partial charge in [-0.05, 0) is 12.1 Å². The summed E-state index contributed by atoms with van der Waals surface area (Å²) in [5.41, 5.74) is 1.82. The van der Waals surface area contributed by atoms with Crippen LogP contribution in [0, 0.1) is 6.07 Å². The first-order valence-corrected chi connectivity index (χ1v) is 3.96. The van der Waals surface area contributed by atoms with Crippen molar-refractivity contribution >= 4 is 0 Å². The summed E-state index contributed by atoms with van der Waals surface area (Å²) in [6.07, 6.45) is 1.78. The molecule has 2 rings (SSSR count). The SMILES string of the molecule is COc1[c]cccc1-c1cc[nH]n1. The topological polar surface area (TPSA) is 37.9 Å². The molecule has 0 amide bonds. The molecule has 0 unspecified atom stereocenters. The van der Waals surface area contributed by atoms with E-state index in [9.17, 15) is 0 Å². The van der Waals surface area contributed by atoms with Gasteiger partial charge < -0.3 is 4.74 Å². The number of hydrogen-bond acceptors (Lipinski definition) is 2. The van der Waals surface area contributed by atoms with Gasteiger partial charge in [-0.3, -0.25) is 5.10 Å². The average molecular weight is 173 g/mol. The molecule has 0 aliphatic carbocycles. The molecule has 1 aromatic carbocycles. The molecular formula is C10H9N2O. The minimum atomic E-state index is 0.717. The molecular weight excluding hydrogens is 164 g/mol. The molecule has 65 valence electrons. The van der Waals surface area contributed by atoms with E-state index in [0.717, 1.165) is 17.0 Å². The van der Waals surface area contributed by atoms with Crippen molar-refractivity contribution < 1.29 is 4.74 Å². The molecule has 1 radical (unpaired) electrons. The summed E-state index contributed by atoms with van der Waals surface area (Å²) in [5, 5.41) is 6.83. The van der Waals surface area contributed by atoms with Gasteiger partial charge >= 0.3 is 0 Å². The highest BCUT2D eigenvalue weighted by molar-refractivity contribution is 5.66. The molecule has 0 saturated heterocycles. The zero-order valence-electron chi connectivity index (χ0n) is 7.24. The second-order valence-electron chi connectivity index (χ2n) is 2.58. The number of H-pyrrole nitrogens is 1. The van der Waals surface area contributed by atoms with Gasteiger partial charge in [0.1, 0.15) is 5.75 Å². The third-order valence-corrected chi connectivity index (χ3v) is 1.80. The monoisotopic (exact) mass is 173 g/mol. The number of methoxy groups -OCH3 is 1. The third kappa shape index (κ3) is 1.40. The Hall–Kier alpha value is -1.77. The second kappa shape index (κ2) is 3.31. The normalized spacial score (nSPS) is 9.92. The maximum atomic E-state index is 5.16. The van der Waals surface area contributed by atoms with Gasteiger partial charge in [-0.2, -0.15) is 5.10 Å². The van der Waals surface area contributed by atoms with Gasteiger partial charge in [0.05, 0.1) is 12.8 Å². The van der Waals surface area contributed by atoms with Crippen molar-refractivity contribution in [2.24, 2.45) is 0 Å². The summed E-state index contributed by atoms with van der Waals surface area (Å²) in [4.78, 5) is 0. The fourth-order valence-electron chi connectivity index (χ4n) is 1.20. The van der Waals surface area contributed by atoms with Crippen molar-refractivity contribution in [3.05, 3.63) is 36.5 Å². The number of benzene rings is 1. The highest BCUT2D eigenvalue weighted by Crippen LogP contribution is 2.26. The van der Waals surface area contributed by atoms with Gasteiger partial charge in [0.25, 0.3) is 0 Å². The number of para-hydroxylation sites is 1. The van der Waals surface area contributed by atoms with Crippen LogP contribution in [0.4, 0.5) is 0 Å². The molecule has 2 aromatic rings. The molecule has 0 aliphatic heterocycles. The highest BCUT2D eigenvalue weighted by atomic mass is 16.5. The highest BCUT2D eigenvalue weighted by Gasteiger charge is 2.05. The number of aromatic amines is 1. The van der Waals surface area contributed by atoms with E-state index in [1.54, 1.807) is 13.3 Å². The average Bonchev–Trinajstić information content (AvgIpc) is 2.70. The Morgan fingerprint density at radius 2 is 2.38 bits per heavy atom. The fourth-order valence-corrected chi connectivity index (χ4v) is 1.20. The van der Waals surface area contributed by atoms with Crippen LogP contribution in [0.1, 0.15) is 0 Å². The first kappa shape index (κ1) is 7.86. The molecule has 0 spiro atoms. The lowest BCUT2D eigenvalue weighted by molar-refractivity contribution is 0.415. The Morgan fingerprint density at radius 1 is 1.46 bits per heavy atom. The first-order chi connectivity index (χ1) is 6.42. The summed E-state index contributed by atoms with van der Waals surface area (Å²) < 4.78 is 5.16. The van der Waals surface area contributed by atoms with Crippen molar-refractivity contribution in [1.82, 2.24) is 10.2 Å². The Labute approximate surface area is 76.4 Å². The maximum Gasteiger partial charge on any atom is 0.136 e. The van der Waals surface area contributed by atoms with Crippen LogP contribution in [0.25, 0.3) is 11.3 Å². The van der Waals surface area contributed by atoms with Gasteiger partial charge in [-0.1, -0.05) is 12.1 Å². The second-order valence-corrected chi connectivity index (χ2v) is 2.58. The minimum Gasteiger partial charge on any atom is -0.495 e. The van der Waals surface area contributed by atoms with Crippen molar-refractivity contribution in [3.63, 3.8) is 0 Å². The minimum absolute atomic E-state index is 0.717. The first-order valence-electron chi connectivity index (χ1n) is 3.96. The van der Waals surface area contributed by atoms with E-state index in [2.05, 4.69) is 16.3 Å². The van der Waals surface area contributed by atoms with Crippen molar-refractivity contribution in [3.8, 4) is 17.0 Å². The predicted molar refractivity (Wildman–Crippen MR) is 49.4 cm³/mol. The summed E-state index contributed by atoms with van der Waals surface area (Å²) in [6.45, 7) is 0. The van der Waals surface area contributed by atoms with E-state index in [1.165, 1.54) is 0 Å². The Balaban J connectivity index is 2.51. The molecule has 1 N–H and O–H groups in total. The van der Waals surface area contributed by atoms with Crippen molar-refractivity contribution in [1.29, 1.82) is 0 Å². The molecule has 3 heteroatoms. The molecule has 1 heterocycles. The molecule has 1 aromatic heterocycles. The lowest BCUT2D eigenvalue weighted by Crippen LogP contribution is -1.87. The summed E-state index contributed by atoms with van der Waals surface area (Å²) in [6, 6.07) is 10.6.